The Morgan fingerprint density at radius 3 is 2.72 bits per heavy atom. The van der Waals surface area contributed by atoms with Gasteiger partial charge in [0.05, 0.1) is 22.4 Å². The van der Waals surface area contributed by atoms with Crippen molar-refractivity contribution in [1.29, 1.82) is 0 Å². The van der Waals surface area contributed by atoms with Crippen LogP contribution in [0.4, 0.5) is 15.8 Å². The van der Waals surface area contributed by atoms with Gasteiger partial charge < -0.3 is 10.1 Å². The lowest BCUT2D eigenvalue weighted by Gasteiger charge is -2.18. The third kappa shape index (κ3) is 4.43. The minimum Gasteiger partial charge on any atom is -0.374 e. The average Bonchev–Trinajstić information content (AvgIpc) is 3.35. The van der Waals surface area contributed by atoms with Gasteiger partial charge in [0, 0.05) is 29.6 Å². The summed E-state index contributed by atoms with van der Waals surface area (Å²) < 4.78 is 33.7. The van der Waals surface area contributed by atoms with Crippen LogP contribution in [0.3, 0.4) is 0 Å². The number of nitrogens with zero attached hydrogens (tertiary/aromatic N) is 1. The number of nitrogens with one attached hydrogen (secondary N) is 1. The van der Waals surface area contributed by atoms with E-state index in [-0.39, 0.29) is 16.7 Å². The van der Waals surface area contributed by atoms with Crippen molar-refractivity contribution in [2.24, 2.45) is 0 Å². The van der Waals surface area contributed by atoms with Crippen molar-refractivity contribution >= 4 is 51.5 Å². The molecule has 2 aromatic carbocycles. The van der Waals surface area contributed by atoms with Gasteiger partial charge in [-0.15, -0.1) is 0 Å². The molecule has 5 nitrogen and oxygen atoms in total. The molecule has 1 N–H and O–H groups in total. The summed E-state index contributed by atoms with van der Waals surface area (Å²) >= 11 is 12.3. The van der Waals surface area contributed by atoms with Gasteiger partial charge in [-0.1, -0.05) is 23.2 Å². The van der Waals surface area contributed by atoms with Gasteiger partial charge >= 0.3 is 0 Å². The summed E-state index contributed by atoms with van der Waals surface area (Å²) in [4.78, 5) is 12.8. The first-order chi connectivity index (χ1) is 13.9. The molecule has 2 fully saturated rings. The molecule has 0 saturated carbocycles. The highest BCUT2D eigenvalue weighted by Crippen LogP contribution is 2.33. The summed E-state index contributed by atoms with van der Waals surface area (Å²) in [5, 5.41) is 2.92. The van der Waals surface area contributed by atoms with Crippen LogP contribution in [0, 0.1) is 5.82 Å². The molecule has 0 radical (unpaired) electrons. The van der Waals surface area contributed by atoms with Crippen LogP contribution in [0.25, 0.3) is 0 Å². The van der Waals surface area contributed by atoms with E-state index in [1.807, 2.05) is 6.07 Å². The fourth-order valence-electron chi connectivity index (χ4n) is 3.58. The molecular formula is C20H19Cl2FN2O3S. The van der Waals surface area contributed by atoms with Crippen molar-refractivity contribution in [2.75, 3.05) is 28.5 Å². The number of rotatable bonds is 4. The van der Waals surface area contributed by atoms with Crippen LogP contribution in [0.2, 0.25) is 10.0 Å². The Hall–Kier alpha value is -1.67. The standard InChI is InChI=1S/C20H19Cl2FN2O3S/c21-13-7-12(18-3-1-5-28-18)8-14(9-13)24-20(26)16-10-15(11-17(23)19(16)22)25-4-2-6-29(25)27/h7-11,18H,1-6H2,(H,24,26). The molecule has 2 aliphatic rings. The highest BCUT2D eigenvalue weighted by molar-refractivity contribution is 7.86. The van der Waals surface area contributed by atoms with Crippen molar-refractivity contribution in [3.63, 3.8) is 0 Å². The molecule has 4 rings (SSSR count). The zero-order valence-corrected chi connectivity index (χ0v) is 17.7. The first kappa shape index (κ1) is 20.6. The molecule has 0 spiro atoms. The maximum Gasteiger partial charge on any atom is 0.257 e. The number of halogens is 3. The highest BCUT2D eigenvalue weighted by atomic mass is 35.5. The predicted molar refractivity (Wildman–Crippen MR) is 114 cm³/mol. The largest absolute Gasteiger partial charge is 0.374 e. The average molecular weight is 457 g/mol. The van der Waals surface area contributed by atoms with Gasteiger partial charge in [-0.2, -0.15) is 0 Å². The Morgan fingerprint density at radius 1 is 1.21 bits per heavy atom. The lowest BCUT2D eigenvalue weighted by atomic mass is 10.1. The third-order valence-electron chi connectivity index (χ3n) is 4.95. The van der Waals surface area contributed by atoms with Gasteiger partial charge in [0.15, 0.2) is 0 Å². The zero-order valence-electron chi connectivity index (χ0n) is 15.4. The van der Waals surface area contributed by atoms with E-state index in [1.54, 1.807) is 16.4 Å². The topological polar surface area (TPSA) is 58.6 Å². The second kappa shape index (κ2) is 8.60. The maximum atomic E-state index is 14.4. The number of anilines is 2. The number of amides is 1. The summed E-state index contributed by atoms with van der Waals surface area (Å²) in [6, 6.07) is 7.89. The van der Waals surface area contributed by atoms with Gasteiger partial charge in [0.2, 0.25) is 0 Å². The van der Waals surface area contributed by atoms with E-state index >= 15 is 0 Å². The summed E-state index contributed by atoms with van der Waals surface area (Å²) in [5.74, 6) is -0.786. The van der Waals surface area contributed by atoms with Crippen molar-refractivity contribution in [1.82, 2.24) is 0 Å². The number of carbonyl (C=O) groups excluding carboxylic acids is 1. The van der Waals surface area contributed by atoms with E-state index < -0.39 is 22.7 Å². The Kier molecular flexibility index (Phi) is 6.11. The molecule has 2 aliphatic heterocycles. The van der Waals surface area contributed by atoms with Crippen molar-refractivity contribution < 1.29 is 18.1 Å². The first-order valence-electron chi connectivity index (χ1n) is 9.31. The molecule has 2 aromatic rings. The van der Waals surface area contributed by atoms with E-state index in [0.717, 1.165) is 24.8 Å². The molecule has 1 amide bonds. The predicted octanol–water partition coefficient (Wildman–Crippen LogP) is 5.11. The van der Waals surface area contributed by atoms with Gasteiger partial charge in [0.1, 0.15) is 16.8 Å². The fourth-order valence-corrected chi connectivity index (χ4v) is 5.29. The van der Waals surface area contributed by atoms with Crippen molar-refractivity contribution in [2.45, 2.75) is 25.4 Å². The fraction of sp³-hybridized carbons (Fsp3) is 0.350. The number of hydrogen-bond donors (Lipinski definition) is 1. The first-order valence-corrected chi connectivity index (χ1v) is 11.3. The summed E-state index contributed by atoms with van der Waals surface area (Å²) in [7, 11) is -1.23. The molecule has 2 heterocycles. The molecule has 0 aromatic heterocycles. The van der Waals surface area contributed by atoms with Gasteiger partial charge in [-0.3, -0.25) is 9.10 Å². The maximum absolute atomic E-state index is 14.4. The van der Waals surface area contributed by atoms with Crippen LogP contribution in [0.1, 0.15) is 41.3 Å². The number of hydrogen-bond acceptors (Lipinski definition) is 3. The van der Waals surface area contributed by atoms with Crippen LogP contribution in [0.15, 0.2) is 30.3 Å². The van der Waals surface area contributed by atoms with Crippen LogP contribution < -0.4 is 9.62 Å². The number of benzene rings is 2. The van der Waals surface area contributed by atoms with Gasteiger partial charge in [0.25, 0.3) is 5.91 Å². The highest BCUT2D eigenvalue weighted by Gasteiger charge is 2.25. The molecular weight excluding hydrogens is 438 g/mol. The number of ether oxygens (including phenoxy) is 1. The lowest BCUT2D eigenvalue weighted by Crippen LogP contribution is -2.21. The second-order valence-corrected chi connectivity index (χ2v) is 9.31. The normalized spacial score (nSPS) is 21.6. The van der Waals surface area contributed by atoms with Crippen LogP contribution in [-0.2, 0) is 15.7 Å². The lowest BCUT2D eigenvalue weighted by molar-refractivity contribution is 0.102. The van der Waals surface area contributed by atoms with Crippen molar-refractivity contribution in [3.05, 3.63) is 57.3 Å². The van der Waals surface area contributed by atoms with E-state index in [2.05, 4.69) is 5.32 Å². The molecule has 9 heteroatoms. The van der Waals surface area contributed by atoms with E-state index in [9.17, 15) is 13.4 Å². The molecule has 2 saturated heterocycles. The Labute approximate surface area is 180 Å². The molecule has 154 valence electrons. The number of carbonyl (C=O) groups is 1. The summed E-state index contributed by atoms with van der Waals surface area (Å²) in [6.07, 6.45) is 2.55. The van der Waals surface area contributed by atoms with Crippen LogP contribution in [-0.4, -0.2) is 29.0 Å². The van der Waals surface area contributed by atoms with Gasteiger partial charge in [-0.05, 0) is 55.2 Å². The third-order valence-corrected chi connectivity index (χ3v) is 7.08. The van der Waals surface area contributed by atoms with Crippen LogP contribution >= 0.6 is 23.2 Å². The molecule has 29 heavy (non-hydrogen) atoms. The SMILES string of the molecule is O=C(Nc1cc(Cl)cc(C2CCCO2)c1)c1cc(N2CCCS2=O)cc(F)c1Cl. The second-order valence-electron chi connectivity index (χ2n) is 7.00. The van der Waals surface area contributed by atoms with Gasteiger partial charge in [-0.25, -0.2) is 8.60 Å². The zero-order chi connectivity index (χ0) is 20.5. The van der Waals surface area contributed by atoms with E-state index in [1.165, 1.54) is 12.1 Å². The molecule has 2 atom stereocenters. The van der Waals surface area contributed by atoms with E-state index in [0.29, 0.717) is 35.3 Å². The minimum atomic E-state index is -1.23. The Balaban J connectivity index is 1.61. The monoisotopic (exact) mass is 456 g/mol. The quantitative estimate of drug-likeness (QED) is 0.694. The molecule has 0 bridgehead atoms. The summed E-state index contributed by atoms with van der Waals surface area (Å²) in [5.41, 5.74) is 1.70. The smallest absolute Gasteiger partial charge is 0.257 e. The Bertz CT molecular complexity index is 982. The Morgan fingerprint density at radius 2 is 2.03 bits per heavy atom. The van der Waals surface area contributed by atoms with E-state index in [4.69, 9.17) is 27.9 Å². The van der Waals surface area contributed by atoms with Crippen LogP contribution in [0.5, 0.6) is 0 Å². The minimum absolute atomic E-state index is 0.0239. The van der Waals surface area contributed by atoms with Crippen molar-refractivity contribution in [3.8, 4) is 0 Å². The summed E-state index contributed by atoms with van der Waals surface area (Å²) in [6.45, 7) is 1.23. The molecule has 0 aliphatic carbocycles. The molecule has 2 unspecified atom stereocenters.